The van der Waals surface area contributed by atoms with E-state index in [0.717, 1.165) is 0 Å². The number of non-ortho nitro benzene ring substituents is 1. The number of anilines is 2. The third kappa shape index (κ3) is 5.38. The van der Waals surface area contributed by atoms with Crippen molar-refractivity contribution in [3.63, 3.8) is 0 Å². The zero-order chi connectivity index (χ0) is 23.3. The fourth-order valence-electron chi connectivity index (χ4n) is 2.72. The lowest BCUT2D eigenvalue weighted by atomic mass is 10.1. The Hall–Kier alpha value is -4.42. The van der Waals surface area contributed by atoms with Crippen LogP contribution in [-0.4, -0.2) is 16.7 Å². The molecule has 3 rings (SSSR count). The number of benzene rings is 2. The summed E-state index contributed by atoms with van der Waals surface area (Å²) in [6.45, 7) is 1.38. The molecule has 10 heteroatoms. The number of nitro groups is 1. The Bertz CT molecular complexity index is 1270. The summed E-state index contributed by atoms with van der Waals surface area (Å²) < 4.78 is 5.63. The number of hydrogen-bond acceptors (Lipinski definition) is 6. The summed E-state index contributed by atoms with van der Waals surface area (Å²) in [5, 5.41) is 25.5. The molecule has 0 atom stereocenters. The minimum Gasteiger partial charge on any atom is -0.457 e. The van der Waals surface area contributed by atoms with Crippen molar-refractivity contribution in [2.45, 2.75) is 6.92 Å². The van der Waals surface area contributed by atoms with Gasteiger partial charge in [0.1, 0.15) is 23.2 Å². The molecule has 0 saturated heterocycles. The number of hydrogen-bond donors (Lipinski definition) is 2. The number of furan rings is 1. The Kier molecular flexibility index (Phi) is 6.68. The van der Waals surface area contributed by atoms with Gasteiger partial charge < -0.3 is 15.1 Å². The fourth-order valence-corrected chi connectivity index (χ4v) is 2.99. The summed E-state index contributed by atoms with van der Waals surface area (Å²) in [5.74, 6) is -0.319. The summed E-state index contributed by atoms with van der Waals surface area (Å²) >= 11 is 6.11. The number of rotatable bonds is 6. The van der Waals surface area contributed by atoms with Gasteiger partial charge in [0.15, 0.2) is 0 Å². The van der Waals surface area contributed by atoms with E-state index >= 15 is 0 Å². The van der Waals surface area contributed by atoms with Crippen molar-refractivity contribution in [1.82, 2.24) is 0 Å². The quantitative estimate of drug-likeness (QED) is 0.234. The summed E-state index contributed by atoms with van der Waals surface area (Å²) in [5.41, 5.74) is 1.08. The van der Waals surface area contributed by atoms with Gasteiger partial charge in [0.05, 0.1) is 9.95 Å². The third-order valence-electron chi connectivity index (χ3n) is 4.17. The lowest BCUT2D eigenvalue weighted by molar-refractivity contribution is -0.384. The number of nitrogens with zero attached hydrogens (tertiary/aromatic N) is 2. The predicted molar refractivity (Wildman–Crippen MR) is 119 cm³/mol. The third-order valence-corrected chi connectivity index (χ3v) is 4.48. The van der Waals surface area contributed by atoms with Crippen LogP contribution in [0.5, 0.6) is 0 Å². The highest BCUT2D eigenvalue weighted by Crippen LogP contribution is 2.32. The van der Waals surface area contributed by atoms with E-state index in [1.165, 1.54) is 31.2 Å². The molecule has 2 amide bonds. The van der Waals surface area contributed by atoms with Gasteiger partial charge in [0.2, 0.25) is 5.91 Å². The SMILES string of the molecule is CC(=O)Nc1ccc(NC(=O)/C(C#N)=C/c2ccc(-c3ccc([N+](=O)[O-])cc3Cl)o2)cc1. The highest BCUT2D eigenvalue weighted by Gasteiger charge is 2.15. The molecular formula is C22H15ClN4O5. The fraction of sp³-hybridized carbons (Fsp3) is 0.0455. The molecule has 0 saturated carbocycles. The number of halogens is 1. The second kappa shape index (κ2) is 9.59. The van der Waals surface area contributed by atoms with Gasteiger partial charge in [-0.3, -0.25) is 19.7 Å². The van der Waals surface area contributed by atoms with Gasteiger partial charge in [0, 0.05) is 42.1 Å². The summed E-state index contributed by atoms with van der Waals surface area (Å²) in [6, 6.07) is 15.3. The summed E-state index contributed by atoms with van der Waals surface area (Å²) in [4.78, 5) is 33.8. The van der Waals surface area contributed by atoms with Crippen LogP contribution >= 0.6 is 11.6 Å². The van der Waals surface area contributed by atoms with Gasteiger partial charge in [-0.2, -0.15) is 5.26 Å². The second-order valence-electron chi connectivity index (χ2n) is 6.51. The van der Waals surface area contributed by atoms with Gasteiger partial charge in [0.25, 0.3) is 11.6 Å². The Morgan fingerprint density at radius 1 is 1.09 bits per heavy atom. The van der Waals surface area contributed by atoms with Gasteiger partial charge in [-0.15, -0.1) is 0 Å². The molecular weight excluding hydrogens is 436 g/mol. The normalized spacial score (nSPS) is 10.8. The lowest BCUT2D eigenvalue weighted by Crippen LogP contribution is -2.13. The molecule has 0 bridgehead atoms. The summed E-state index contributed by atoms with van der Waals surface area (Å²) in [6.07, 6.45) is 1.27. The van der Waals surface area contributed by atoms with Crippen LogP contribution in [0.15, 0.2) is 64.6 Å². The van der Waals surface area contributed by atoms with E-state index in [2.05, 4.69) is 10.6 Å². The molecule has 0 aliphatic heterocycles. The van der Waals surface area contributed by atoms with Crippen molar-refractivity contribution in [3.05, 3.63) is 81.1 Å². The molecule has 0 aliphatic carbocycles. The van der Waals surface area contributed by atoms with Gasteiger partial charge in [-0.25, -0.2) is 0 Å². The standard InChI is InChI=1S/C22H15ClN4O5/c1-13(28)25-15-2-4-16(5-3-15)26-22(29)14(12-24)10-18-7-9-21(32-18)19-8-6-17(27(30)31)11-20(19)23/h2-11H,1H3,(H,25,28)(H,26,29)/b14-10+. The average Bonchev–Trinajstić information content (AvgIpc) is 3.21. The maximum atomic E-state index is 12.4. The van der Waals surface area contributed by atoms with Crippen LogP contribution in [-0.2, 0) is 9.59 Å². The molecule has 1 heterocycles. The molecule has 2 N–H and O–H groups in total. The minimum atomic E-state index is -0.647. The van der Waals surface area contributed by atoms with Crippen molar-refractivity contribution >= 4 is 46.6 Å². The predicted octanol–water partition coefficient (Wildman–Crippen LogP) is 5.01. The number of amides is 2. The number of nitrogens with one attached hydrogen (secondary N) is 2. The zero-order valence-electron chi connectivity index (χ0n) is 16.6. The first kappa shape index (κ1) is 22.3. The lowest BCUT2D eigenvalue weighted by Gasteiger charge is -2.06. The van der Waals surface area contributed by atoms with Crippen LogP contribution in [0.3, 0.4) is 0 Å². The zero-order valence-corrected chi connectivity index (χ0v) is 17.3. The Morgan fingerprint density at radius 3 is 2.31 bits per heavy atom. The number of nitro benzene ring substituents is 1. The molecule has 9 nitrogen and oxygen atoms in total. The molecule has 0 aliphatic rings. The van der Waals surface area contributed by atoms with E-state index in [1.54, 1.807) is 36.4 Å². The van der Waals surface area contributed by atoms with Crippen LogP contribution in [0.2, 0.25) is 5.02 Å². The minimum absolute atomic E-state index is 0.130. The highest BCUT2D eigenvalue weighted by molar-refractivity contribution is 6.33. The summed E-state index contributed by atoms with van der Waals surface area (Å²) in [7, 11) is 0. The Labute approximate surface area is 187 Å². The van der Waals surface area contributed by atoms with E-state index in [-0.39, 0.29) is 28.0 Å². The Balaban J connectivity index is 1.76. The van der Waals surface area contributed by atoms with Gasteiger partial charge in [-0.1, -0.05) is 11.6 Å². The monoisotopic (exact) mass is 450 g/mol. The van der Waals surface area contributed by atoms with Crippen LogP contribution in [0.25, 0.3) is 17.4 Å². The maximum absolute atomic E-state index is 12.4. The van der Waals surface area contributed by atoms with E-state index in [0.29, 0.717) is 22.7 Å². The molecule has 0 fully saturated rings. The largest absolute Gasteiger partial charge is 0.457 e. The smallest absolute Gasteiger partial charge is 0.270 e. The maximum Gasteiger partial charge on any atom is 0.270 e. The molecule has 0 spiro atoms. The van der Waals surface area contributed by atoms with Crippen molar-refractivity contribution < 1.29 is 18.9 Å². The van der Waals surface area contributed by atoms with Crippen LogP contribution < -0.4 is 10.6 Å². The first-order chi connectivity index (χ1) is 15.3. The van der Waals surface area contributed by atoms with Gasteiger partial charge >= 0.3 is 0 Å². The van der Waals surface area contributed by atoms with Crippen LogP contribution in [0.4, 0.5) is 17.1 Å². The van der Waals surface area contributed by atoms with E-state index in [4.69, 9.17) is 16.0 Å². The number of nitriles is 1. The molecule has 0 unspecified atom stereocenters. The highest BCUT2D eigenvalue weighted by atomic mass is 35.5. The first-order valence-corrected chi connectivity index (χ1v) is 9.49. The van der Waals surface area contributed by atoms with Crippen molar-refractivity contribution in [2.24, 2.45) is 0 Å². The number of carbonyl (C=O) groups is 2. The van der Waals surface area contributed by atoms with Crippen molar-refractivity contribution in [2.75, 3.05) is 10.6 Å². The topological polar surface area (TPSA) is 138 Å². The molecule has 0 radical (unpaired) electrons. The average molecular weight is 451 g/mol. The van der Waals surface area contributed by atoms with E-state index in [9.17, 15) is 25.0 Å². The van der Waals surface area contributed by atoms with E-state index < -0.39 is 10.8 Å². The Morgan fingerprint density at radius 2 is 1.75 bits per heavy atom. The molecule has 3 aromatic rings. The molecule has 160 valence electrons. The molecule has 32 heavy (non-hydrogen) atoms. The van der Waals surface area contributed by atoms with Crippen LogP contribution in [0, 0.1) is 21.4 Å². The van der Waals surface area contributed by atoms with Crippen molar-refractivity contribution in [1.29, 1.82) is 5.26 Å². The molecule has 2 aromatic carbocycles. The van der Waals surface area contributed by atoms with Crippen LogP contribution in [0.1, 0.15) is 12.7 Å². The first-order valence-electron chi connectivity index (χ1n) is 9.12. The second-order valence-corrected chi connectivity index (χ2v) is 6.91. The van der Waals surface area contributed by atoms with E-state index in [1.807, 2.05) is 6.07 Å². The molecule has 1 aromatic heterocycles. The number of carbonyl (C=O) groups excluding carboxylic acids is 2. The van der Waals surface area contributed by atoms with Gasteiger partial charge in [-0.05, 0) is 42.5 Å². The van der Waals surface area contributed by atoms with Crippen molar-refractivity contribution in [3.8, 4) is 17.4 Å².